The zero-order valence-electron chi connectivity index (χ0n) is 16.4. The monoisotopic (exact) mass is 478 g/mol. The van der Waals surface area contributed by atoms with Gasteiger partial charge >= 0.3 is 0 Å². The highest BCUT2D eigenvalue weighted by atomic mass is 127. The minimum Gasteiger partial charge on any atom is -0.370 e. The van der Waals surface area contributed by atoms with Crippen molar-refractivity contribution in [2.24, 2.45) is 10.7 Å². The summed E-state index contributed by atoms with van der Waals surface area (Å²) in [6, 6.07) is 15.0. The fourth-order valence-electron chi connectivity index (χ4n) is 3.54. The van der Waals surface area contributed by atoms with Gasteiger partial charge in [-0.25, -0.2) is 4.99 Å². The van der Waals surface area contributed by atoms with Crippen molar-refractivity contribution in [1.29, 1.82) is 0 Å². The number of hydrogen-bond donors (Lipinski definition) is 2. The Morgan fingerprint density at radius 1 is 0.963 bits per heavy atom. The second kappa shape index (κ2) is 10.7. The number of benzene rings is 2. The molecule has 0 radical (unpaired) electrons. The van der Waals surface area contributed by atoms with E-state index in [2.05, 4.69) is 71.5 Å². The molecule has 0 aliphatic carbocycles. The van der Waals surface area contributed by atoms with E-state index < -0.39 is 0 Å². The fourth-order valence-corrected chi connectivity index (χ4v) is 3.54. The molecule has 3 rings (SSSR count). The SMILES string of the molecule is Cc1cc(C)cc(NC(N)=NCc2ccc(CN3CCCCC3)cc2)c1.I. The predicted molar refractivity (Wildman–Crippen MR) is 126 cm³/mol. The summed E-state index contributed by atoms with van der Waals surface area (Å²) in [5.74, 6) is 0.451. The van der Waals surface area contributed by atoms with E-state index in [-0.39, 0.29) is 24.0 Å². The van der Waals surface area contributed by atoms with Crippen molar-refractivity contribution < 1.29 is 0 Å². The average molecular weight is 478 g/mol. The number of halogens is 1. The molecule has 1 saturated heterocycles. The van der Waals surface area contributed by atoms with Crippen molar-refractivity contribution in [3.63, 3.8) is 0 Å². The summed E-state index contributed by atoms with van der Waals surface area (Å²) in [5.41, 5.74) is 12.0. The third-order valence-electron chi connectivity index (χ3n) is 4.80. The van der Waals surface area contributed by atoms with E-state index in [9.17, 15) is 0 Å². The number of guanidine groups is 1. The van der Waals surface area contributed by atoms with Crippen LogP contribution in [0.1, 0.15) is 41.5 Å². The molecule has 2 aromatic rings. The van der Waals surface area contributed by atoms with Crippen molar-refractivity contribution in [2.75, 3.05) is 18.4 Å². The van der Waals surface area contributed by atoms with Crippen LogP contribution in [0.2, 0.25) is 0 Å². The Labute approximate surface area is 180 Å². The molecule has 27 heavy (non-hydrogen) atoms. The summed E-state index contributed by atoms with van der Waals surface area (Å²) in [5, 5.41) is 3.18. The Morgan fingerprint density at radius 2 is 1.56 bits per heavy atom. The lowest BCUT2D eigenvalue weighted by atomic mass is 10.1. The van der Waals surface area contributed by atoms with E-state index in [4.69, 9.17) is 5.73 Å². The average Bonchev–Trinajstić information content (AvgIpc) is 2.61. The Hall–Kier alpha value is -1.60. The van der Waals surface area contributed by atoms with E-state index in [1.54, 1.807) is 0 Å². The van der Waals surface area contributed by atoms with Crippen LogP contribution in [-0.2, 0) is 13.1 Å². The maximum Gasteiger partial charge on any atom is 0.193 e. The minimum atomic E-state index is 0. The normalized spacial score (nSPS) is 15.3. The van der Waals surface area contributed by atoms with Gasteiger partial charge in [0, 0.05) is 12.2 Å². The number of rotatable bonds is 5. The van der Waals surface area contributed by atoms with Gasteiger partial charge in [0.2, 0.25) is 0 Å². The minimum absolute atomic E-state index is 0. The van der Waals surface area contributed by atoms with E-state index in [0.29, 0.717) is 12.5 Å². The van der Waals surface area contributed by atoms with E-state index >= 15 is 0 Å². The van der Waals surface area contributed by atoms with Gasteiger partial charge in [-0.1, -0.05) is 36.8 Å². The largest absolute Gasteiger partial charge is 0.370 e. The lowest BCUT2D eigenvalue weighted by molar-refractivity contribution is 0.221. The molecule has 0 aromatic heterocycles. The van der Waals surface area contributed by atoms with Gasteiger partial charge in [-0.05, 0) is 74.2 Å². The zero-order valence-corrected chi connectivity index (χ0v) is 18.7. The van der Waals surface area contributed by atoms with Crippen LogP contribution in [0.15, 0.2) is 47.5 Å². The van der Waals surface area contributed by atoms with Crippen LogP contribution in [0.5, 0.6) is 0 Å². The summed E-state index contributed by atoms with van der Waals surface area (Å²) in [6.07, 6.45) is 4.05. The Balaban J connectivity index is 0.00000261. The van der Waals surface area contributed by atoms with Crippen LogP contribution >= 0.6 is 24.0 Å². The van der Waals surface area contributed by atoms with Crippen LogP contribution in [0, 0.1) is 13.8 Å². The van der Waals surface area contributed by atoms with Gasteiger partial charge in [-0.3, -0.25) is 4.90 Å². The Kier molecular flexibility index (Phi) is 8.57. The van der Waals surface area contributed by atoms with Gasteiger partial charge in [-0.15, -0.1) is 24.0 Å². The fraction of sp³-hybridized carbons (Fsp3) is 0.409. The van der Waals surface area contributed by atoms with E-state index in [1.807, 2.05) is 0 Å². The number of aliphatic imine (C=N–C) groups is 1. The third kappa shape index (κ3) is 7.14. The van der Waals surface area contributed by atoms with Crippen molar-refractivity contribution in [3.05, 3.63) is 64.7 Å². The summed E-state index contributed by atoms with van der Waals surface area (Å²) in [7, 11) is 0. The number of piperidine rings is 1. The van der Waals surface area contributed by atoms with Gasteiger partial charge in [0.1, 0.15) is 0 Å². The van der Waals surface area contributed by atoms with Gasteiger partial charge < -0.3 is 11.1 Å². The number of anilines is 1. The molecule has 4 nitrogen and oxygen atoms in total. The van der Waals surface area contributed by atoms with Gasteiger partial charge in [0.25, 0.3) is 0 Å². The first kappa shape index (κ1) is 21.7. The molecular weight excluding hydrogens is 447 g/mol. The number of aryl methyl sites for hydroxylation is 2. The molecule has 0 atom stereocenters. The van der Waals surface area contributed by atoms with Crippen LogP contribution in [0.3, 0.4) is 0 Å². The number of nitrogens with one attached hydrogen (secondary N) is 1. The second-order valence-corrected chi connectivity index (χ2v) is 7.36. The van der Waals surface area contributed by atoms with Gasteiger partial charge in [-0.2, -0.15) is 0 Å². The molecule has 0 saturated carbocycles. The highest BCUT2D eigenvalue weighted by molar-refractivity contribution is 14.0. The van der Waals surface area contributed by atoms with Crippen LogP contribution in [0.25, 0.3) is 0 Å². The third-order valence-corrected chi connectivity index (χ3v) is 4.80. The van der Waals surface area contributed by atoms with Crippen molar-refractivity contribution in [2.45, 2.75) is 46.2 Å². The first-order valence-electron chi connectivity index (χ1n) is 9.54. The number of nitrogens with zero attached hydrogens (tertiary/aromatic N) is 2. The molecule has 0 spiro atoms. The quantitative estimate of drug-likeness (QED) is 0.368. The molecule has 3 N–H and O–H groups in total. The lowest BCUT2D eigenvalue weighted by Gasteiger charge is -2.26. The summed E-state index contributed by atoms with van der Waals surface area (Å²) < 4.78 is 0. The molecular formula is C22H31IN4. The van der Waals surface area contributed by atoms with Crippen molar-refractivity contribution in [1.82, 2.24) is 4.90 Å². The van der Waals surface area contributed by atoms with E-state index in [1.165, 1.54) is 54.6 Å². The summed E-state index contributed by atoms with van der Waals surface area (Å²) >= 11 is 0. The van der Waals surface area contributed by atoms with Crippen LogP contribution < -0.4 is 11.1 Å². The molecule has 0 amide bonds. The smallest absolute Gasteiger partial charge is 0.193 e. The van der Waals surface area contributed by atoms with Crippen LogP contribution in [0.4, 0.5) is 5.69 Å². The molecule has 5 heteroatoms. The molecule has 1 aliphatic rings. The number of hydrogen-bond acceptors (Lipinski definition) is 2. The first-order valence-corrected chi connectivity index (χ1v) is 9.54. The lowest BCUT2D eigenvalue weighted by Crippen LogP contribution is -2.29. The van der Waals surface area contributed by atoms with E-state index in [0.717, 1.165) is 12.2 Å². The highest BCUT2D eigenvalue weighted by Gasteiger charge is 2.10. The topological polar surface area (TPSA) is 53.6 Å². The molecule has 1 aliphatic heterocycles. The molecule has 0 bridgehead atoms. The predicted octanol–water partition coefficient (Wildman–Crippen LogP) is 4.83. The van der Waals surface area contributed by atoms with Gasteiger partial charge in [0.15, 0.2) is 5.96 Å². The van der Waals surface area contributed by atoms with Crippen molar-refractivity contribution >= 4 is 35.6 Å². The second-order valence-electron chi connectivity index (χ2n) is 7.36. The highest BCUT2D eigenvalue weighted by Crippen LogP contribution is 2.15. The molecule has 146 valence electrons. The summed E-state index contributed by atoms with van der Waals surface area (Å²) in [4.78, 5) is 7.01. The zero-order chi connectivity index (χ0) is 18.4. The number of nitrogens with two attached hydrogens (primary N) is 1. The van der Waals surface area contributed by atoms with Crippen molar-refractivity contribution in [3.8, 4) is 0 Å². The Morgan fingerprint density at radius 3 is 2.19 bits per heavy atom. The first-order chi connectivity index (χ1) is 12.6. The Bertz CT molecular complexity index is 729. The molecule has 0 unspecified atom stereocenters. The maximum atomic E-state index is 6.04. The molecule has 1 heterocycles. The van der Waals surface area contributed by atoms with Gasteiger partial charge in [0.05, 0.1) is 6.54 Å². The maximum absolute atomic E-state index is 6.04. The summed E-state index contributed by atoms with van der Waals surface area (Å²) in [6.45, 7) is 8.26. The standard InChI is InChI=1S/C22H30N4.HI/c1-17-12-18(2)14-21(13-17)25-22(23)24-15-19-6-8-20(9-7-19)16-26-10-4-3-5-11-26;/h6-9,12-14H,3-5,10-11,15-16H2,1-2H3,(H3,23,24,25);1H. The van der Waals surface area contributed by atoms with Crippen LogP contribution in [-0.4, -0.2) is 23.9 Å². The molecule has 1 fully saturated rings. The number of likely N-dealkylation sites (tertiary alicyclic amines) is 1. The molecule has 2 aromatic carbocycles.